The van der Waals surface area contributed by atoms with Crippen LogP contribution in [0.15, 0.2) is 47.0 Å². The SMILES string of the molecule is CCCC(CCC)S(=O)(=O)CC(NC(=O)c1c(C)noc1C)C(=O)N(Cc1cccc(CC)c1)CC(O)[C@@H](N)Cc1cc(F)cc(F)c1. The second kappa shape index (κ2) is 17.6. The van der Waals surface area contributed by atoms with E-state index >= 15 is 0 Å². The normalized spacial score (nSPS) is 13.7. The van der Waals surface area contributed by atoms with E-state index in [0.717, 1.165) is 30.2 Å². The monoisotopic (exact) mass is 690 g/mol. The highest BCUT2D eigenvalue weighted by Crippen LogP contribution is 2.20. The quantitative estimate of drug-likeness (QED) is 0.175. The maximum absolute atomic E-state index is 14.5. The molecule has 48 heavy (non-hydrogen) atoms. The number of hydrogen-bond donors (Lipinski definition) is 3. The molecule has 2 aromatic carbocycles. The molecule has 0 spiro atoms. The Balaban J connectivity index is 2.01. The number of nitrogens with two attached hydrogens (primary N) is 1. The van der Waals surface area contributed by atoms with Crippen molar-refractivity contribution in [1.29, 1.82) is 0 Å². The predicted molar refractivity (Wildman–Crippen MR) is 180 cm³/mol. The van der Waals surface area contributed by atoms with E-state index in [-0.39, 0.29) is 42.1 Å². The van der Waals surface area contributed by atoms with Crippen molar-refractivity contribution in [3.05, 3.63) is 87.8 Å². The molecule has 264 valence electrons. The van der Waals surface area contributed by atoms with Gasteiger partial charge in [-0.3, -0.25) is 9.59 Å². The average Bonchev–Trinajstić information content (AvgIpc) is 3.36. The maximum Gasteiger partial charge on any atom is 0.257 e. The first-order chi connectivity index (χ1) is 22.7. The topological polar surface area (TPSA) is 156 Å². The number of hydrogen-bond acceptors (Lipinski definition) is 8. The largest absolute Gasteiger partial charge is 0.390 e. The van der Waals surface area contributed by atoms with Gasteiger partial charge < -0.3 is 25.6 Å². The van der Waals surface area contributed by atoms with Gasteiger partial charge in [-0.05, 0) is 68.4 Å². The molecule has 10 nitrogen and oxygen atoms in total. The number of carbonyl (C=O) groups is 2. The third kappa shape index (κ3) is 10.7. The standard InChI is InChI=1S/C35H48F2N4O6S/c1-6-10-29(11-7-2)48(45,46)21-31(39-34(43)33-22(4)40-47-23(33)5)35(44)41(19-25-13-9-12-24(8-3)14-25)20-32(42)30(38)17-26-15-27(36)18-28(37)16-26/h9,12-16,18,29-32,42H,6-8,10-11,17,19-21,38H2,1-5H3,(H,39,43)/t30-,31?,32?/m0/s1. The van der Waals surface area contributed by atoms with Crippen molar-refractivity contribution < 1.29 is 36.4 Å². The van der Waals surface area contributed by atoms with Gasteiger partial charge in [0.2, 0.25) is 5.91 Å². The summed E-state index contributed by atoms with van der Waals surface area (Å²) in [6, 6.07) is 7.85. The smallest absolute Gasteiger partial charge is 0.257 e. The molecule has 1 aromatic heterocycles. The van der Waals surface area contributed by atoms with E-state index in [1.807, 2.05) is 39.0 Å². The summed E-state index contributed by atoms with van der Waals surface area (Å²) in [4.78, 5) is 29.2. The molecule has 0 aliphatic carbocycles. The number of benzene rings is 2. The van der Waals surface area contributed by atoms with Crippen LogP contribution in [0.2, 0.25) is 0 Å². The minimum Gasteiger partial charge on any atom is -0.390 e. The summed E-state index contributed by atoms with van der Waals surface area (Å²) in [5, 5.41) is 17.0. The van der Waals surface area contributed by atoms with E-state index in [1.54, 1.807) is 13.0 Å². The number of sulfone groups is 1. The first kappa shape index (κ1) is 38.8. The van der Waals surface area contributed by atoms with Crippen molar-refractivity contribution in [3.63, 3.8) is 0 Å². The zero-order valence-electron chi connectivity index (χ0n) is 28.3. The maximum atomic E-state index is 14.5. The number of aliphatic hydroxyl groups excluding tert-OH is 1. The Hall–Kier alpha value is -3.68. The Kier molecular flexibility index (Phi) is 14.2. The van der Waals surface area contributed by atoms with Gasteiger partial charge in [-0.1, -0.05) is 63.0 Å². The van der Waals surface area contributed by atoms with Crippen molar-refractivity contribution in [1.82, 2.24) is 15.4 Å². The predicted octanol–water partition coefficient (Wildman–Crippen LogP) is 4.57. The molecular weight excluding hydrogens is 642 g/mol. The third-order valence-corrected chi connectivity index (χ3v) is 10.7. The van der Waals surface area contributed by atoms with Crippen LogP contribution in [0.3, 0.4) is 0 Å². The molecule has 2 unspecified atom stereocenters. The highest BCUT2D eigenvalue weighted by atomic mass is 32.2. The van der Waals surface area contributed by atoms with Gasteiger partial charge in [0.25, 0.3) is 5.91 Å². The molecule has 0 fully saturated rings. The summed E-state index contributed by atoms with van der Waals surface area (Å²) in [7, 11) is -3.90. The van der Waals surface area contributed by atoms with E-state index < -0.39 is 62.5 Å². The number of nitrogens with one attached hydrogen (secondary N) is 1. The summed E-state index contributed by atoms with van der Waals surface area (Å²) in [6.45, 7) is 8.47. The molecule has 0 aliphatic rings. The molecule has 0 saturated heterocycles. The number of aliphatic hydroxyl groups is 1. The van der Waals surface area contributed by atoms with E-state index in [2.05, 4.69) is 10.5 Å². The molecule has 1 heterocycles. The Morgan fingerprint density at radius 3 is 2.19 bits per heavy atom. The molecule has 0 saturated carbocycles. The fourth-order valence-electron chi connectivity index (χ4n) is 5.85. The van der Waals surface area contributed by atoms with Gasteiger partial charge in [-0.15, -0.1) is 0 Å². The van der Waals surface area contributed by atoms with Crippen LogP contribution in [0.25, 0.3) is 0 Å². The first-order valence-electron chi connectivity index (χ1n) is 16.4. The Morgan fingerprint density at radius 2 is 1.62 bits per heavy atom. The van der Waals surface area contributed by atoms with E-state index in [9.17, 15) is 31.9 Å². The highest BCUT2D eigenvalue weighted by Gasteiger charge is 2.36. The van der Waals surface area contributed by atoms with Crippen LogP contribution in [0, 0.1) is 25.5 Å². The lowest BCUT2D eigenvalue weighted by atomic mass is 10.0. The van der Waals surface area contributed by atoms with E-state index in [0.29, 0.717) is 31.2 Å². The molecule has 2 amide bonds. The number of aryl methyl sites for hydroxylation is 3. The van der Waals surface area contributed by atoms with Gasteiger partial charge in [0, 0.05) is 25.2 Å². The molecule has 0 bridgehead atoms. The van der Waals surface area contributed by atoms with Gasteiger partial charge >= 0.3 is 0 Å². The van der Waals surface area contributed by atoms with Crippen LogP contribution >= 0.6 is 0 Å². The van der Waals surface area contributed by atoms with Crippen molar-refractivity contribution in [2.45, 2.75) is 103 Å². The molecule has 13 heteroatoms. The van der Waals surface area contributed by atoms with Gasteiger partial charge in [0.1, 0.15) is 29.0 Å². The Labute approximate surface area is 282 Å². The Morgan fingerprint density at radius 1 is 1.00 bits per heavy atom. The number of amides is 2. The van der Waals surface area contributed by atoms with Crippen molar-refractivity contribution >= 4 is 21.7 Å². The van der Waals surface area contributed by atoms with Crippen LogP contribution in [0.1, 0.15) is 85.0 Å². The Bertz CT molecular complexity index is 1600. The summed E-state index contributed by atoms with van der Waals surface area (Å²) in [6.07, 6.45) is 1.29. The zero-order valence-corrected chi connectivity index (χ0v) is 29.2. The second-order valence-corrected chi connectivity index (χ2v) is 14.7. The lowest BCUT2D eigenvalue weighted by Crippen LogP contribution is -2.55. The summed E-state index contributed by atoms with van der Waals surface area (Å²) in [5.41, 5.74) is 8.59. The van der Waals surface area contributed by atoms with Crippen molar-refractivity contribution in [2.75, 3.05) is 12.3 Å². The van der Waals surface area contributed by atoms with Crippen LogP contribution in [0.5, 0.6) is 0 Å². The van der Waals surface area contributed by atoms with Crippen LogP contribution in [-0.2, 0) is 34.0 Å². The average molecular weight is 691 g/mol. The minimum atomic E-state index is -3.90. The summed E-state index contributed by atoms with van der Waals surface area (Å²) < 4.78 is 60.4. The second-order valence-electron chi connectivity index (χ2n) is 12.4. The number of rotatable bonds is 18. The van der Waals surface area contributed by atoms with E-state index in [1.165, 1.54) is 11.8 Å². The zero-order chi connectivity index (χ0) is 35.6. The van der Waals surface area contributed by atoms with Gasteiger partial charge in [-0.25, -0.2) is 17.2 Å². The van der Waals surface area contributed by atoms with Gasteiger partial charge in [0.15, 0.2) is 9.84 Å². The molecule has 0 radical (unpaired) electrons. The fraction of sp³-hybridized carbons (Fsp3) is 0.514. The van der Waals surface area contributed by atoms with Crippen LogP contribution in [-0.4, -0.2) is 71.1 Å². The highest BCUT2D eigenvalue weighted by molar-refractivity contribution is 7.92. The summed E-state index contributed by atoms with van der Waals surface area (Å²) in [5.74, 6) is -3.50. The summed E-state index contributed by atoms with van der Waals surface area (Å²) >= 11 is 0. The molecule has 4 N–H and O–H groups in total. The molecule has 3 aromatic rings. The first-order valence-corrected chi connectivity index (χ1v) is 18.1. The third-order valence-electron chi connectivity index (χ3n) is 8.37. The fourth-order valence-corrected chi connectivity index (χ4v) is 8.00. The molecule has 3 atom stereocenters. The van der Waals surface area contributed by atoms with Crippen molar-refractivity contribution in [3.8, 4) is 0 Å². The molecule has 0 aliphatic heterocycles. The van der Waals surface area contributed by atoms with Gasteiger partial charge in [0.05, 0.1) is 22.8 Å². The van der Waals surface area contributed by atoms with Crippen molar-refractivity contribution in [2.24, 2.45) is 5.73 Å². The van der Waals surface area contributed by atoms with Crippen LogP contribution < -0.4 is 11.1 Å². The van der Waals surface area contributed by atoms with Gasteiger partial charge in [-0.2, -0.15) is 0 Å². The molecule has 3 rings (SSSR count). The van der Waals surface area contributed by atoms with E-state index in [4.69, 9.17) is 10.3 Å². The lowest BCUT2D eigenvalue weighted by Gasteiger charge is -2.32. The number of aromatic nitrogens is 1. The number of halogens is 2. The number of carbonyl (C=O) groups excluding carboxylic acids is 2. The minimum absolute atomic E-state index is 0.0316. The van der Waals surface area contributed by atoms with Crippen LogP contribution in [0.4, 0.5) is 8.78 Å². The lowest BCUT2D eigenvalue weighted by molar-refractivity contribution is -0.135. The molecular formula is C35H48F2N4O6S. The number of nitrogens with zero attached hydrogens (tertiary/aromatic N) is 2.